The summed E-state index contributed by atoms with van der Waals surface area (Å²) in [7, 11) is -3.65. The molecule has 2 aromatic carbocycles. The van der Waals surface area contributed by atoms with Crippen molar-refractivity contribution in [3.8, 4) is 0 Å². The van der Waals surface area contributed by atoms with Crippen molar-refractivity contribution < 1.29 is 22.6 Å². The fraction of sp³-hybridized carbons (Fsp3) is 0.333. The van der Waals surface area contributed by atoms with Crippen LogP contribution < -0.4 is 11.1 Å². The van der Waals surface area contributed by atoms with E-state index in [-0.39, 0.29) is 35.7 Å². The van der Waals surface area contributed by atoms with Gasteiger partial charge < -0.3 is 9.73 Å². The first-order chi connectivity index (χ1) is 15.8. The van der Waals surface area contributed by atoms with Crippen molar-refractivity contribution in [2.24, 2.45) is 0 Å². The van der Waals surface area contributed by atoms with E-state index in [9.17, 15) is 28.1 Å². The zero-order valence-electron chi connectivity index (χ0n) is 17.6. The molecule has 11 nitrogen and oxygen atoms in total. The number of rotatable bonds is 8. The van der Waals surface area contributed by atoms with E-state index >= 15 is 0 Å². The maximum Gasteiger partial charge on any atom is 0.419 e. The molecule has 1 saturated heterocycles. The van der Waals surface area contributed by atoms with Crippen LogP contribution >= 0.6 is 0 Å². The molecule has 0 spiro atoms. The number of fused-ring (bicyclic) bond motifs is 1. The number of nitro benzene ring substituents is 1. The van der Waals surface area contributed by atoms with Gasteiger partial charge in [0.2, 0.25) is 15.9 Å². The number of benzene rings is 2. The Labute approximate surface area is 188 Å². The number of amides is 1. The van der Waals surface area contributed by atoms with E-state index in [4.69, 9.17) is 4.42 Å². The fourth-order valence-electron chi connectivity index (χ4n) is 3.83. The van der Waals surface area contributed by atoms with Crippen molar-refractivity contribution in [3.05, 3.63) is 68.7 Å². The second-order valence-corrected chi connectivity index (χ2v) is 9.61. The molecule has 2 heterocycles. The Kier molecular flexibility index (Phi) is 6.29. The Balaban J connectivity index is 1.45. The fourth-order valence-corrected chi connectivity index (χ4v) is 5.36. The molecule has 1 aliphatic heterocycles. The Hall–Kier alpha value is -3.51. The second kappa shape index (κ2) is 9.16. The maximum atomic E-state index is 12.7. The van der Waals surface area contributed by atoms with Gasteiger partial charge in [0.15, 0.2) is 5.58 Å². The summed E-state index contributed by atoms with van der Waals surface area (Å²) in [5, 5.41) is 13.7. The summed E-state index contributed by atoms with van der Waals surface area (Å²) in [6.07, 6.45) is 1.56. The lowest BCUT2D eigenvalue weighted by atomic mass is 10.2. The monoisotopic (exact) mass is 474 g/mol. The van der Waals surface area contributed by atoms with Crippen LogP contribution in [-0.2, 0) is 27.9 Å². The summed E-state index contributed by atoms with van der Waals surface area (Å²) in [5.41, 5.74) is 0.788. The molecule has 33 heavy (non-hydrogen) atoms. The minimum Gasteiger partial charge on any atom is -0.408 e. The lowest BCUT2D eigenvalue weighted by molar-refractivity contribution is -0.385. The highest BCUT2D eigenvalue weighted by molar-refractivity contribution is 7.89. The van der Waals surface area contributed by atoms with E-state index in [1.165, 1.54) is 33.1 Å². The summed E-state index contributed by atoms with van der Waals surface area (Å²) in [6.45, 7) is 0.917. The van der Waals surface area contributed by atoms with Crippen molar-refractivity contribution >= 4 is 32.7 Å². The van der Waals surface area contributed by atoms with Gasteiger partial charge in [0.25, 0.3) is 5.69 Å². The third kappa shape index (κ3) is 4.66. The Morgan fingerprint density at radius 1 is 1.15 bits per heavy atom. The molecule has 1 aromatic heterocycles. The zero-order chi connectivity index (χ0) is 23.6. The number of sulfonamides is 1. The lowest BCUT2D eigenvalue weighted by Crippen LogP contribution is -2.27. The van der Waals surface area contributed by atoms with Crippen LogP contribution in [-0.4, -0.2) is 41.2 Å². The summed E-state index contributed by atoms with van der Waals surface area (Å²) in [6, 6.07) is 10.3. The van der Waals surface area contributed by atoms with E-state index in [0.717, 1.165) is 12.8 Å². The van der Waals surface area contributed by atoms with Gasteiger partial charge in [-0.3, -0.25) is 19.5 Å². The van der Waals surface area contributed by atoms with Gasteiger partial charge in [-0.1, -0.05) is 18.2 Å². The molecule has 0 saturated carbocycles. The van der Waals surface area contributed by atoms with Gasteiger partial charge in [-0.05, 0) is 25.0 Å². The van der Waals surface area contributed by atoms with Crippen molar-refractivity contribution in [2.45, 2.75) is 37.2 Å². The first kappa shape index (κ1) is 22.7. The van der Waals surface area contributed by atoms with Gasteiger partial charge >= 0.3 is 5.76 Å². The highest BCUT2D eigenvalue weighted by Crippen LogP contribution is 2.24. The van der Waals surface area contributed by atoms with Gasteiger partial charge in [-0.25, -0.2) is 13.2 Å². The highest BCUT2D eigenvalue weighted by atomic mass is 32.2. The number of aryl methyl sites for hydroxylation is 1. The maximum absolute atomic E-state index is 12.7. The van der Waals surface area contributed by atoms with Gasteiger partial charge in [0.1, 0.15) is 0 Å². The van der Waals surface area contributed by atoms with Crippen LogP contribution in [0.2, 0.25) is 0 Å². The van der Waals surface area contributed by atoms with Crippen LogP contribution in [0.25, 0.3) is 11.1 Å². The first-order valence-electron chi connectivity index (χ1n) is 10.4. The summed E-state index contributed by atoms with van der Waals surface area (Å²) in [5.74, 6) is -1.10. The van der Waals surface area contributed by atoms with Crippen LogP contribution in [0.5, 0.6) is 0 Å². The van der Waals surface area contributed by atoms with Gasteiger partial charge in [-0.2, -0.15) is 4.31 Å². The number of carbonyl (C=O) groups is 1. The second-order valence-electron chi connectivity index (χ2n) is 7.67. The molecule has 0 radical (unpaired) electrons. The molecule has 0 unspecified atom stereocenters. The van der Waals surface area contributed by atoms with E-state index in [1.807, 2.05) is 0 Å². The SMILES string of the molecule is O=C(CCn1c(=O)oc2cc(S(=O)(=O)N3CCCC3)ccc21)NCc1ccccc1[N+](=O)[O-]. The van der Waals surface area contributed by atoms with Gasteiger partial charge in [-0.15, -0.1) is 0 Å². The summed E-state index contributed by atoms with van der Waals surface area (Å²) >= 11 is 0. The highest BCUT2D eigenvalue weighted by Gasteiger charge is 2.28. The molecule has 1 amide bonds. The van der Waals surface area contributed by atoms with Crippen LogP contribution in [0.3, 0.4) is 0 Å². The smallest absolute Gasteiger partial charge is 0.408 e. The number of nitrogens with one attached hydrogen (secondary N) is 1. The standard InChI is InChI=1S/C21H22N4O7S/c26-20(22-14-15-5-1-2-6-17(15)25(28)29)9-12-24-18-8-7-16(13-19(18)32-21(24)27)33(30,31)23-10-3-4-11-23/h1-2,5-8,13H,3-4,9-12,14H2,(H,22,26). The molecule has 0 bridgehead atoms. The molecule has 3 aromatic rings. The molecule has 174 valence electrons. The van der Waals surface area contributed by atoms with E-state index in [2.05, 4.69) is 5.32 Å². The quantitative estimate of drug-likeness (QED) is 0.388. The van der Waals surface area contributed by atoms with Crippen LogP contribution in [0.4, 0.5) is 5.69 Å². The topological polar surface area (TPSA) is 145 Å². The average molecular weight is 474 g/mol. The molecule has 0 atom stereocenters. The minimum absolute atomic E-state index is 0.00672. The van der Waals surface area contributed by atoms with Crippen LogP contribution in [0, 0.1) is 10.1 Å². The molecule has 1 aliphatic rings. The number of carbonyl (C=O) groups excluding carboxylic acids is 1. The van der Waals surface area contributed by atoms with E-state index < -0.39 is 26.6 Å². The molecular weight excluding hydrogens is 452 g/mol. The zero-order valence-corrected chi connectivity index (χ0v) is 18.4. The van der Waals surface area contributed by atoms with Gasteiger partial charge in [0.05, 0.1) is 15.3 Å². The van der Waals surface area contributed by atoms with Crippen LogP contribution in [0.1, 0.15) is 24.8 Å². The normalized spacial score (nSPS) is 14.5. The molecule has 1 N–H and O–H groups in total. The Morgan fingerprint density at radius 2 is 1.88 bits per heavy atom. The van der Waals surface area contributed by atoms with Crippen molar-refractivity contribution in [1.29, 1.82) is 0 Å². The Morgan fingerprint density at radius 3 is 2.61 bits per heavy atom. The van der Waals surface area contributed by atoms with Gasteiger partial charge in [0, 0.05) is 50.3 Å². The Bertz CT molecular complexity index is 1370. The summed E-state index contributed by atoms with van der Waals surface area (Å²) < 4.78 is 33.4. The van der Waals surface area contributed by atoms with Crippen molar-refractivity contribution in [3.63, 3.8) is 0 Å². The number of hydrogen-bond acceptors (Lipinski definition) is 7. The molecule has 12 heteroatoms. The number of para-hydroxylation sites is 1. The number of nitrogens with zero attached hydrogens (tertiary/aromatic N) is 3. The van der Waals surface area contributed by atoms with Crippen molar-refractivity contribution in [2.75, 3.05) is 13.1 Å². The molecule has 4 rings (SSSR count). The molecule has 1 fully saturated rings. The average Bonchev–Trinajstić information content (AvgIpc) is 3.44. The largest absolute Gasteiger partial charge is 0.419 e. The summed E-state index contributed by atoms with van der Waals surface area (Å²) in [4.78, 5) is 35.2. The predicted molar refractivity (Wildman–Crippen MR) is 118 cm³/mol. The third-order valence-corrected chi connectivity index (χ3v) is 7.46. The number of aromatic nitrogens is 1. The number of nitro groups is 1. The third-order valence-electron chi connectivity index (χ3n) is 5.57. The molecular formula is C21H22N4O7S. The number of hydrogen-bond donors (Lipinski definition) is 1. The first-order valence-corrected chi connectivity index (χ1v) is 11.8. The van der Waals surface area contributed by atoms with E-state index in [1.54, 1.807) is 18.2 Å². The molecule has 0 aliphatic carbocycles. The van der Waals surface area contributed by atoms with Crippen LogP contribution in [0.15, 0.2) is 56.6 Å². The number of oxazole rings is 1. The lowest BCUT2D eigenvalue weighted by Gasteiger charge is -2.15. The van der Waals surface area contributed by atoms with Crippen molar-refractivity contribution in [1.82, 2.24) is 14.2 Å². The van der Waals surface area contributed by atoms with E-state index in [0.29, 0.717) is 24.2 Å². The minimum atomic E-state index is -3.65. The predicted octanol–water partition coefficient (Wildman–Crippen LogP) is 1.99.